The monoisotopic (exact) mass is 545 g/mol. The first-order chi connectivity index (χ1) is 19.1. The van der Waals surface area contributed by atoms with E-state index < -0.39 is 24.2 Å². The summed E-state index contributed by atoms with van der Waals surface area (Å²) in [4.78, 5) is 32.9. The van der Waals surface area contributed by atoms with Crippen molar-refractivity contribution in [1.82, 2.24) is 14.5 Å². The molecule has 1 aromatic carbocycles. The molecule has 1 amide bonds. The number of nitrogens with two attached hydrogens (primary N) is 1. The minimum atomic E-state index is -0.749. The van der Waals surface area contributed by atoms with E-state index >= 15 is 0 Å². The largest absolute Gasteiger partial charge is 0.497 e. The number of ether oxygens (including phenoxy) is 2. The minimum Gasteiger partial charge on any atom is -0.497 e. The highest BCUT2D eigenvalue weighted by Crippen LogP contribution is 2.36. The predicted molar refractivity (Wildman–Crippen MR) is 152 cm³/mol. The Morgan fingerprint density at radius 3 is 2.58 bits per heavy atom. The zero-order valence-corrected chi connectivity index (χ0v) is 22.8. The molecule has 0 bridgehead atoms. The summed E-state index contributed by atoms with van der Waals surface area (Å²) in [7, 11) is 1.53. The van der Waals surface area contributed by atoms with Crippen LogP contribution in [0.2, 0.25) is 0 Å². The van der Waals surface area contributed by atoms with E-state index in [0.29, 0.717) is 40.0 Å². The van der Waals surface area contributed by atoms with Crippen LogP contribution in [-0.4, -0.2) is 39.6 Å². The second kappa shape index (κ2) is 12.1. The number of pyridine rings is 2. The molecule has 3 aromatic heterocycles. The van der Waals surface area contributed by atoms with Gasteiger partial charge in [0, 0.05) is 52.9 Å². The topological polar surface area (TPSA) is 121 Å². The third kappa shape index (κ3) is 6.35. The summed E-state index contributed by atoms with van der Waals surface area (Å²) < 4.78 is 27.0. The summed E-state index contributed by atoms with van der Waals surface area (Å²) in [5.74, 6) is -0.729. The van der Waals surface area contributed by atoms with Gasteiger partial charge in [-0.15, -0.1) is 0 Å². The van der Waals surface area contributed by atoms with Crippen molar-refractivity contribution >= 4 is 28.6 Å². The molecule has 0 aliphatic carbocycles. The maximum absolute atomic E-state index is 14.1. The van der Waals surface area contributed by atoms with Crippen LogP contribution in [0, 0.1) is 11.9 Å². The number of methoxy groups -OCH3 is 1. The van der Waals surface area contributed by atoms with Crippen molar-refractivity contribution in [2.75, 3.05) is 12.4 Å². The standard InChI is InChI=1S/C30H32FN5O4/c1-6-28(37)35-22-10-20(11-23(14-22)39-5)21-12-24-25(19-7-8-33-27(31)13-19)16-36(29(24)34-15-21)18(4)40-30(38)26(32)9-17(2)3/h6-8,10-18,26H,1,9,32H2,2-5H3,(H,35,37). The Morgan fingerprint density at radius 1 is 1.12 bits per heavy atom. The third-order valence-electron chi connectivity index (χ3n) is 6.34. The van der Waals surface area contributed by atoms with Gasteiger partial charge >= 0.3 is 5.97 Å². The van der Waals surface area contributed by atoms with Crippen LogP contribution in [0.15, 0.2) is 67.6 Å². The van der Waals surface area contributed by atoms with Crippen molar-refractivity contribution in [1.29, 1.82) is 0 Å². The van der Waals surface area contributed by atoms with Crippen LogP contribution in [0.25, 0.3) is 33.3 Å². The molecular weight excluding hydrogens is 513 g/mol. The molecule has 4 aromatic rings. The van der Waals surface area contributed by atoms with Gasteiger partial charge < -0.3 is 20.5 Å². The summed E-state index contributed by atoms with van der Waals surface area (Å²) >= 11 is 0. The average molecular weight is 546 g/mol. The maximum Gasteiger partial charge on any atom is 0.324 e. The lowest BCUT2D eigenvalue weighted by molar-refractivity contribution is -0.154. The normalized spacial score (nSPS) is 12.7. The molecule has 0 saturated carbocycles. The number of aromatic nitrogens is 3. The molecule has 0 aliphatic rings. The lowest BCUT2D eigenvalue weighted by Crippen LogP contribution is -2.34. The molecule has 0 radical (unpaired) electrons. The van der Waals surface area contributed by atoms with Crippen LogP contribution in [0.4, 0.5) is 10.1 Å². The van der Waals surface area contributed by atoms with E-state index in [2.05, 4.69) is 16.9 Å². The summed E-state index contributed by atoms with van der Waals surface area (Å²) in [6.45, 7) is 9.18. The molecular formula is C30H32FN5O4. The van der Waals surface area contributed by atoms with Gasteiger partial charge in [-0.3, -0.25) is 14.2 Å². The van der Waals surface area contributed by atoms with Gasteiger partial charge in [0.1, 0.15) is 17.4 Å². The number of hydrogen-bond donors (Lipinski definition) is 2. The molecule has 9 nitrogen and oxygen atoms in total. The fraction of sp³-hybridized carbons (Fsp3) is 0.267. The summed E-state index contributed by atoms with van der Waals surface area (Å²) in [5, 5.41) is 3.44. The van der Waals surface area contributed by atoms with Crippen LogP contribution < -0.4 is 15.8 Å². The van der Waals surface area contributed by atoms with Crippen LogP contribution in [0.5, 0.6) is 5.75 Å². The second-order valence-corrected chi connectivity index (χ2v) is 9.83. The molecule has 0 saturated heterocycles. The highest BCUT2D eigenvalue weighted by Gasteiger charge is 2.23. The Morgan fingerprint density at radius 2 is 1.90 bits per heavy atom. The van der Waals surface area contributed by atoms with Crippen molar-refractivity contribution in [3.8, 4) is 28.0 Å². The van der Waals surface area contributed by atoms with E-state index in [-0.39, 0.29) is 11.8 Å². The third-order valence-corrected chi connectivity index (χ3v) is 6.34. The Hall–Kier alpha value is -4.57. The first-order valence-corrected chi connectivity index (χ1v) is 12.8. The zero-order chi connectivity index (χ0) is 29.0. The van der Waals surface area contributed by atoms with Gasteiger partial charge in [-0.05, 0) is 60.7 Å². The molecule has 0 spiro atoms. The molecule has 4 rings (SSSR count). The van der Waals surface area contributed by atoms with Gasteiger partial charge in [-0.25, -0.2) is 9.97 Å². The molecule has 0 aliphatic heterocycles. The van der Waals surface area contributed by atoms with Crippen LogP contribution in [0.1, 0.15) is 33.4 Å². The lowest BCUT2D eigenvalue weighted by Gasteiger charge is -2.19. The van der Waals surface area contributed by atoms with Gasteiger partial charge in [0.25, 0.3) is 0 Å². The highest BCUT2D eigenvalue weighted by atomic mass is 19.1. The van der Waals surface area contributed by atoms with E-state index in [1.807, 2.05) is 26.0 Å². The smallest absolute Gasteiger partial charge is 0.324 e. The summed E-state index contributed by atoms with van der Waals surface area (Å²) in [6.07, 6.45) is 5.77. The number of carbonyl (C=O) groups is 2. The SMILES string of the molecule is C=CC(=O)Nc1cc(OC)cc(-c2cnc3c(c2)c(-c2ccnc(F)c2)cn3C(C)OC(=O)C(N)CC(C)C)c1. The second-order valence-electron chi connectivity index (χ2n) is 9.83. The first-order valence-electron chi connectivity index (χ1n) is 12.8. The molecule has 40 heavy (non-hydrogen) atoms. The summed E-state index contributed by atoms with van der Waals surface area (Å²) in [5.41, 5.74) is 9.78. The van der Waals surface area contributed by atoms with E-state index in [1.54, 1.807) is 42.1 Å². The van der Waals surface area contributed by atoms with Crippen LogP contribution in [-0.2, 0) is 14.3 Å². The first kappa shape index (κ1) is 28.4. The lowest BCUT2D eigenvalue weighted by atomic mass is 10.0. The number of hydrogen-bond acceptors (Lipinski definition) is 7. The van der Waals surface area contributed by atoms with E-state index in [4.69, 9.17) is 20.2 Å². The fourth-order valence-electron chi connectivity index (χ4n) is 4.43. The minimum absolute atomic E-state index is 0.237. The Kier molecular flexibility index (Phi) is 8.59. The fourth-order valence-corrected chi connectivity index (χ4v) is 4.43. The quantitative estimate of drug-likeness (QED) is 0.154. The van der Waals surface area contributed by atoms with Crippen molar-refractivity contribution in [2.24, 2.45) is 11.7 Å². The van der Waals surface area contributed by atoms with Crippen molar-refractivity contribution in [2.45, 2.75) is 39.5 Å². The molecule has 10 heteroatoms. The number of esters is 1. The van der Waals surface area contributed by atoms with Crippen molar-refractivity contribution in [3.05, 3.63) is 73.6 Å². The highest BCUT2D eigenvalue weighted by molar-refractivity contribution is 6.00. The number of anilines is 1. The Labute approximate surface area is 231 Å². The molecule has 0 fully saturated rings. The molecule has 3 heterocycles. The van der Waals surface area contributed by atoms with Gasteiger partial charge in [-0.2, -0.15) is 4.39 Å². The van der Waals surface area contributed by atoms with Gasteiger partial charge in [0.05, 0.1) is 7.11 Å². The number of carbonyl (C=O) groups excluding carboxylic acids is 2. The Balaban J connectivity index is 1.81. The van der Waals surface area contributed by atoms with Crippen LogP contribution >= 0.6 is 0 Å². The van der Waals surface area contributed by atoms with Gasteiger partial charge in [0.2, 0.25) is 11.9 Å². The zero-order valence-electron chi connectivity index (χ0n) is 22.8. The number of rotatable bonds is 10. The summed E-state index contributed by atoms with van der Waals surface area (Å²) in [6, 6.07) is 9.47. The number of fused-ring (bicyclic) bond motifs is 1. The van der Waals surface area contributed by atoms with Crippen molar-refractivity contribution in [3.63, 3.8) is 0 Å². The number of halogens is 1. The molecule has 2 atom stereocenters. The van der Waals surface area contributed by atoms with Gasteiger partial charge in [-0.1, -0.05) is 20.4 Å². The van der Waals surface area contributed by atoms with Crippen LogP contribution in [0.3, 0.4) is 0 Å². The molecule has 208 valence electrons. The van der Waals surface area contributed by atoms with E-state index in [9.17, 15) is 14.0 Å². The van der Waals surface area contributed by atoms with E-state index in [1.165, 1.54) is 25.4 Å². The average Bonchev–Trinajstić information content (AvgIpc) is 3.31. The van der Waals surface area contributed by atoms with Crippen molar-refractivity contribution < 1.29 is 23.5 Å². The van der Waals surface area contributed by atoms with Gasteiger partial charge in [0.15, 0.2) is 6.23 Å². The Bertz CT molecular complexity index is 1570. The molecule has 2 unspecified atom stereocenters. The number of amides is 1. The van der Waals surface area contributed by atoms with E-state index in [0.717, 1.165) is 11.1 Å². The maximum atomic E-state index is 14.1. The number of nitrogens with one attached hydrogen (secondary N) is 1. The number of nitrogens with zero attached hydrogens (tertiary/aromatic N) is 3. The predicted octanol–water partition coefficient (Wildman–Crippen LogP) is 5.47. The molecule has 3 N–H and O–H groups in total. The number of benzene rings is 1.